The first-order valence-corrected chi connectivity index (χ1v) is 7.95. The van der Waals surface area contributed by atoms with E-state index in [4.69, 9.17) is 16.3 Å². The van der Waals surface area contributed by atoms with Gasteiger partial charge in [0.2, 0.25) is 0 Å². The summed E-state index contributed by atoms with van der Waals surface area (Å²) in [6, 6.07) is 8.29. The van der Waals surface area contributed by atoms with E-state index >= 15 is 0 Å². The van der Waals surface area contributed by atoms with Gasteiger partial charge in [0, 0.05) is 35.0 Å². The molecule has 3 nitrogen and oxygen atoms in total. The second kappa shape index (κ2) is 7.78. The van der Waals surface area contributed by atoms with Crippen molar-refractivity contribution in [2.24, 2.45) is 0 Å². The molecule has 0 fully saturated rings. The van der Waals surface area contributed by atoms with Gasteiger partial charge in [-0.2, -0.15) is 0 Å². The number of nitrogens with one attached hydrogen (secondary N) is 1. The quantitative estimate of drug-likeness (QED) is 0.809. The van der Waals surface area contributed by atoms with Crippen LogP contribution in [0.15, 0.2) is 41.1 Å². The van der Waals surface area contributed by atoms with Crippen molar-refractivity contribution in [2.75, 3.05) is 0 Å². The number of ether oxygens (including phenoxy) is 1. The van der Waals surface area contributed by atoms with Gasteiger partial charge in [0.1, 0.15) is 12.4 Å². The summed E-state index contributed by atoms with van der Waals surface area (Å²) in [6.45, 7) is 5.47. The predicted molar refractivity (Wildman–Crippen MR) is 89.7 cm³/mol. The molecule has 1 N–H and O–H groups in total. The third-order valence-electron chi connectivity index (χ3n) is 2.87. The number of aromatic nitrogens is 1. The Morgan fingerprint density at radius 3 is 2.71 bits per heavy atom. The number of halogens is 2. The molecule has 1 heterocycles. The fourth-order valence-corrected chi connectivity index (χ4v) is 2.46. The molecule has 2 rings (SSSR count). The van der Waals surface area contributed by atoms with Gasteiger partial charge in [0.25, 0.3) is 0 Å². The SMILES string of the molecule is CC(C)NCc1ccc(OCc2cncc(Br)c2)c(Cl)c1. The maximum Gasteiger partial charge on any atom is 0.138 e. The molecule has 0 saturated heterocycles. The van der Waals surface area contributed by atoms with Crippen LogP contribution in [-0.4, -0.2) is 11.0 Å². The minimum Gasteiger partial charge on any atom is -0.487 e. The highest BCUT2D eigenvalue weighted by Gasteiger charge is 2.05. The van der Waals surface area contributed by atoms with Crippen LogP contribution in [0.25, 0.3) is 0 Å². The van der Waals surface area contributed by atoms with Gasteiger partial charge in [-0.05, 0) is 39.7 Å². The first-order chi connectivity index (χ1) is 10.0. The molecule has 112 valence electrons. The van der Waals surface area contributed by atoms with Crippen LogP contribution in [0, 0.1) is 0 Å². The maximum absolute atomic E-state index is 6.26. The topological polar surface area (TPSA) is 34.1 Å². The molecule has 5 heteroatoms. The largest absolute Gasteiger partial charge is 0.487 e. The fraction of sp³-hybridized carbons (Fsp3) is 0.312. The van der Waals surface area contributed by atoms with Crippen molar-refractivity contribution in [3.63, 3.8) is 0 Å². The van der Waals surface area contributed by atoms with Gasteiger partial charge >= 0.3 is 0 Å². The summed E-state index contributed by atoms with van der Waals surface area (Å²) in [7, 11) is 0. The van der Waals surface area contributed by atoms with Crippen molar-refractivity contribution in [1.82, 2.24) is 10.3 Å². The number of hydrogen-bond donors (Lipinski definition) is 1. The lowest BCUT2D eigenvalue weighted by molar-refractivity contribution is 0.306. The molecular weight excluding hydrogens is 352 g/mol. The molecule has 0 saturated carbocycles. The Bertz CT molecular complexity index is 605. The van der Waals surface area contributed by atoms with Gasteiger partial charge in [0.05, 0.1) is 5.02 Å². The minimum absolute atomic E-state index is 0.440. The van der Waals surface area contributed by atoms with E-state index in [1.54, 1.807) is 12.4 Å². The van der Waals surface area contributed by atoms with E-state index < -0.39 is 0 Å². The van der Waals surface area contributed by atoms with Crippen LogP contribution in [0.2, 0.25) is 5.02 Å². The zero-order valence-corrected chi connectivity index (χ0v) is 14.4. The van der Waals surface area contributed by atoms with Gasteiger partial charge in [-0.1, -0.05) is 31.5 Å². The Morgan fingerprint density at radius 1 is 1.24 bits per heavy atom. The third-order valence-corrected chi connectivity index (χ3v) is 3.60. The second-order valence-corrected chi connectivity index (χ2v) is 6.42. The Labute approximate surface area is 138 Å². The Balaban J connectivity index is 1.97. The average molecular weight is 370 g/mol. The summed E-state index contributed by atoms with van der Waals surface area (Å²) in [5.74, 6) is 0.685. The van der Waals surface area contributed by atoms with Gasteiger partial charge in [0.15, 0.2) is 0 Å². The molecule has 0 amide bonds. The molecule has 0 spiro atoms. The van der Waals surface area contributed by atoms with Crippen molar-refractivity contribution in [3.8, 4) is 5.75 Å². The highest BCUT2D eigenvalue weighted by molar-refractivity contribution is 9.10. The standard InChI is InChI=1S/C16H18BrClN2O/c1-11(2)20-8-12-3-4-16(15(18)6-12)21-10-13-5-14(17)9-19-7-13/h3-7,9,11,20H,8,10H2,1-2H3. The minimum atomic E-state index is 0.440. The molecule has 0 unspecified atom stereocenters. The number of nitrogens with zero attached hydrogens (tertiary/aromatic N) is 1. The smallest absolute Gasteiger partial charge is 0.138 e. The molecular formula is C16H18BrClN2O. The van der Waals surface area contributed by atoms with Gasteiger partial charge < -0.3 is 10.1 Å². The highest BCUT2D eigenvalue weighted by atomic mass is 79.9. The molecule has 0 radical (unpaired) electrons. The van der Waals surface area contributed by atoms with Crippen LogP contribution in [0.3, 0.4) is 0 Å². The first-order valence-electron chi connectivity index (χ1n) is 6.78. The van der Waals surface area contributed by atoms with Crippen LogP contribution >= 0.6 is 27.5 Å². The molecule has 0 aliphatic rings. The Kier molecular flexibility index (Phi) is 6.03. The Hall–Kier alpha value is -1.10. The molecule has 1 aromatic carbocycles. The number of benzene rings is 1. The summed E-state index contributed by atoms with van der Waals surface area (Å²) in [6.07, 6.45) is 3.52. The van der Waals surface area contributed by atoms with Gasteiger partial charge in [-0.3, -0.25) is 4.98 Å². The summed E-state index contributed by atoms with van der Waals surface area (Å²) >= 11 is 9.65. The predicted octanol–water partition coefficient (Wildman–Crippen LogP) is 4.57. The van der Waals surface area contributed by atoms with Crippen LogP contribution in [0.5, 0.6) is 5.75 Å². The molecule has 0 aliphatic heterocycles. The van der Waals surface area contributed by atoms with E-state index in [1.807, 2.05) is 24.3 Å². The van der Waals surface area contributed by atoms with Crippen LogP contribution in [0.1, 0.15) is 25.0 Å². The zero-order chi connectivity index (χ0) is 15.2. The van der Waals surface area contributed by atoms with Gasteiger partial charge in [-0.25, -0.2) is 0 Å². The van der Waals surface area contributed by atoms with E-state index in [0.717, 1.165) is 22.1 Å². The van der Waals surface area contributed by atoms with Crippen molar-refractivity contribution < 1.29 is 4.74 Å². The fourth-order valence-electron chi connectivity index (χ4n) is 1.79. The average Bonchev–Trinajstić information content (AvgIpc) is 2.44. The molecule has 2 aromatic rings. The third kappa shape index (κ3) is 5.30. The number of pyridine rings is 1. The van der Waals surface area contributed by atoms with E-state index in [9.17, 15) is 0 Å². The lowest BCUT2D eigenvalue weighted by Gasteiger charge is -2.11. The van der Waals surface area contributed by atoms with E-state index in [1.165, 1.54) is 0 Å². The number of rotatable bonds is 6. The summed E-state index contributed by atoms with van der Waals surface area (Å²) < 4.78 is 6.68. The van der Waals surface area contributed by atoms with Crippen molar-refractivity contribution in [2.45, 2.75) is 33.0 Å². The van der Waals surface area contributed by atoms with E-state index in [2.05, 4.69) is 40.1 Å². The van der Waals surface area contributed by atoms with E-state index in [0.29, 0.717) is 23.4 Å². The van der Waals surface area contributed by atoms with Crippen molar-refractivity contribution in [1.29, 1.82) is 0 Å². The number of hydrogen-bond acceptors (Lipinski definition) is 3. The molecule has 0 bridgehead atoms. The van der Waals surface area contributed by atoms with Crippen molar-refractivity contribution in [3.05, 3.63) is 57.3 Å². The monoisotopic (exact) mass is 368 g/mol. The summed E-state index contributed by atoms with van der Waals surface area (Å²) in [5, 5.41) is 3.99. The maximum atomic E-state index is 6.26. The van der Waals surface area contributed by atoms with Crippen LogP contribution in [-0.2, 0) is 13.2 Å². The summed E-state index contributed by atoms with van der Waals surface area (Å²) in [5.41, 5.74) is 2.14. The van der Waals surface area contributed by atoms with E-state index in [-0.39, 0.29) is 0 Å². The van der Waals surface area contributed by atoms with Crippen molar-refractivity contribution >= 4 is 27.5 Å². The zero-order valence-electron chi connectivity index (χ0n) is 12.1. The second-order valence-electron chi connectivity index (χ2n) is 5.10. The van der Waals surface area contributed by atoms with Crippen LogP contribution < -0.4 is 10.1 Å². The van der Waals surface area contributed by atoms with Crippen LogP contribution in [0.4, 0.5) is 0 Å². The first kappa shape index (κ1) is 16.3. The molecule has 1 aromatic heterocycles. The molecule has 21 heavy (non-hydrogen) atoms. The molecule has 0 aliphatic carbocycles. The highest BCUT2D eigenvalue weighted by Crippen LogP contribution is 2.26. The Morgan fingerprint density at radius 2 is 2.05 bits per heavy atom. The molecule has 0 atom stereocenters. The lowest BCUT2D eigenvalue weighted by Crippen LogP contribution is -2.21. The van der Waals surface area contributed by atoms with Gasteiger partial charge in [-0.15, -0.1) is 0 Å². The summed E-state index contributed by atoms with van der Waals surface area (Å²) in [4.78, 5) is 4.11. The normalized spacial score (nSPS) is 10.9. The lowest BCUT2D eigenvalue weighted by atomic mass is 10.2.